The molecule has 122 valence electrons. The van der Waals surface area contributed by atoms with Gasteiger partial charge in [0.1, 0.15) is 0 Å². The van der Waals surface area contributed by atoms with Crippen molar-refractivity contribution in [2.24, 2.45) is 11.8 Å². The Labute approximate surface area is 133 Å². The zero-order valence-electron chi connectivity index (χ0n) is 11.7. The van der Waals surface area contributed by atoms with Crippen molar-refractivity contribution in [1.29, 1.82) is 0 Å². The average molecular weight is 343 g/mol. The first-order chi connectivity index (χ1) is 10.8. The third kappa shape index (κ3) is 2.90. The zero-order chi connectivity index (χ0) is 16.8. The fourth-order valence-corrected chi connectivity index (χ4v) is 3.60. The molecule has 1 saturated heterocycles. The van der Waals surface area contributed by atoms with Crippen molar-refractivity contribution in [1.82, 2.24) is 4.90 Å². The second kappa shape index (κ2) is 5.52. The number of halogens is 3. The van der Waals surface area contributed by atoms with E-state index >= 15 is 0 Å². The highest BCUT2D eigenvalue weighted by atomic mass is 32.1. The summed E-state index contributed by atoms with van der Waals surface area (Å²) in [5.74, 6) is -5.76. The van der Waals surface area contributed by atoms with E-state index in [1.54, 1.807) is 18.2 Å². The van der Waals surface area contributed by atoms with Crippen LogP contribution in [0.2, 0.25) is 0 Å². The first kappa shape index (κ1) is 15.8. The second-order valence-corrected chi connectivity index (χ2v) is 6.42. The molecule has 2 atom stereocenters. The van der Waals surface area contributed by atoms with Crippen molar-refractivity contribution in [3.8, 4) is 0 Å². The number of amides is 1. The van der Waals surface area contributed by atoms with Crippen LogP contribution >= 0.6 is 11.3 Å². The summed E-state index contributed by atoms with van der Waals surface area (Å²) in [6.07, 6.45) is -4.64. The number of carbonyl (C=O) groups excluding carboxylic acids is 1. The Balaban J connectivity index is 1.86. The Morgan fingerprint density at radius 2 is 1.96 bits per heavy atom. The van der Waals surface area contributed by atoms with Crippen LogP contribution < -0.4 is 0 Å². The van der Waals surface area contributed by atoms with Crippen molar-refractivity contribution >= 4 is 33.3 Å². The van der Waals surface area contributed by atoms with Crippen molar-refractivity contribution in [2.75, 3.05) is 13.1 Å². The van der Waals surface area contributed by atoms with Gasteiger partial charge in [-0.1, -0.05) is 0 Å². The highest BCUT2D eigenvalue weighted by Gasteiger charge is 2.53. The maximum absolute atomic E-state index is 13.0. The molecule has 1 amide bonds. The molecule has 1 N–H and O–H groups in total. The van der Waals surface area contributed by atoms with E-state index in [1.165, 1.54) is 11.3 Å². The SMILES string of the molecule is O=C(O)[C@@H]1CN(C(=O)c2ccc3sccc3c2)C[C@H]1C(F)(F)F. The Morgan fingerprint density at radius 1 is 1.22 bits per heavy atom. The second-order valence-electron chi connectivity index (χ2n) is 5.48. The van der Waals surface area contributed by atoms with Gasteiger partial charge >= 0.3 is 12.1 Å². The van der Waals surface area contributed by atoms with Crippen LogP contribution in [0.25, 0.3) is 10.1 Å². The molecule has 0 aliphatic carbocycles. The van der Waals surface area contributed by atoms with Gasteiger partial charge in [0, 0.05) is 23.4 Å². The minimum absolute atomic E-state index is 0.267. The summed E-state index contributed by atoms with van der Waals surface area (Å²) in [5, 5.41) is 11.7. The fourth-order valence-electron chi connectivity index (χ4n) is 2.83. The summed E-state index contributed by atoms with van der Waals surface area (Å²) < 4.78 is 39.9. The lowest BCUT2D eigenvalue weighted by atomic mass is 9.96. The van der Waals surface area contributed by atoms with E-state index in [0.717, 1.165) is 15.0 Å². The number of fused-ring (bicyclic) bond motifs is 1. The van der Waals surface area contributed by atoms with Gasteiger partial charge in [0.15, 0.2) is 0 Å². The lowest BCUT2D eigenvalue weighted by molar-refractivity contribution is -0.187. The van der Waals surface area contributed by atoms with Gasteiger partial charge in [-0.2, -0.15) is 13.2 Å². The number of carboxylic acid groups (broad SMARTS) is 1. The summed E-state index contributed by atoms with van der Waals surface area (Å²) in [4.78, 5) is 24.5. The standard InChI is InChI=1S/C15H12F3NO3S/c16-15(17,18)11-7-19(6-10(11)14(21)22)13(20)9-1-2-12-8(5-9)3-4-23-12/h1-5,10-11H,6-7H2,(H,21,22)/t10-,11-/m1/s1. The Bertz CT molecular complexity index is 771. The molecule has 1 aromatic heterocycles. The summed E-state index contributed by atoms with van der Waals surface area (Å²) in [6, 6.07) is 6.72. The normalized spacial score (nSPS) is 21.8. The molecule has 1 fully saturated rings. The van der Waals surface area contributed by atoms with Crippen molar-refractivity contribution in [3.63, 3.8) is 0 Å². The first-order valence-corrected chi connectivity index (χ1v) is 7.71. The van der Waals surface area contributed by atoms with Gasteiger partial charge in [0.05, 0.1) is 11.8 Å². The Kier molecular flexibility index (Phi) is 3.79. The molecular weight excluding hydrogens is 331 g/mol. The smallest absolute Gasteiger partial charge is 0.394 e. The number of hydrogen-bond acceptors (Lipinski definition) is 3. The van der Waals surface area contributed by atoms with Crippen LogP contribution in [-0.4, -0.2) is 41.1 Å². The summed E-state index contributed by atoms with van der Waals surface area (Å²) in [7, 11) is 0. The third-order valence-corrected chi connectivity index (χ3v) is 4.94. The van der Waals surface area contributed by atoms with E-state index in [0.29, 0.717) is 0 Å². The summed E-state index contributed by atoms with van der Waals surface area (Å²) >= 11 is 1.50. The number of nitrogens with zero attached hydrogens (tertiary/aromatic N) is 1. The maximum Gasteiger partial charge on any atom is 0.394 e. The lowest BCUT2D eigenvalue weighted by Crippen LogP contribution is -2.34. The molecule has 3 rings (SSSR count). The molecule has 2 heterocycles. The predicted octanol–water partition coefficient (Wildman–Crippen LogP) is 3.24. The monoisotopic (exact) mass is 343 g/mol. The van der Waals surface area contributed by atoms with Gasteiger partial charge < -0.3 is 10.0 Å². The number of carboxylic acids is 1. The van der Waals surface area contributed by atoms with Crippen molar-refractivity contribution in [3.05, 3.63) is 35.2 Å². The van der Waals surface area contributed by atoms with Crippen LogP contribution in [0.15, 0.2) is 29.6 Å². The summed E-state index contributed by atoms with van der Waals surface area (Å²) in [5.41, 5.74) is 0.267. The van der Waals surface area contributed by atoms with Crippen LogP contribution in [0.4, 0.5) is 13.2 Å². The molecule has 0 saturated carbocycles. The number of likely N-dealkylation sites (tertiary alicyclic amines) is 1. The molecule has 0 bridgehead atoms. The van der Waals surface area contributed by atoms with E-state index < -0.39 is 43.0 Å². The zero-order valence-corrected chi connectivity index (χ0v) is 12.5. The minimum Gasteiger partial charge on any atom is -0.481 e. The quantitative estimate of drug-likeness (QED) is 0.911. The number of benzene rings is 1. The molecular formula is C15H12F3NO3S. The molecule has 4 nitrogen and oxygen atoms in total. The molecule has 0 radical (unpaired) electrons. The van der Waals surface area contributed by atoms with Gasteiger partial charge in [-0.15, -0.1) is 11.3 Å². The average Bonchev–Trinajstić information content (AvgIpc) is 3.11. The molecule has 8 heteroatoms. The molecule has 1 aliphatic rings. The van der Waals surface area contributed by atoms with Gasteiger partial charge in [0.25, 0.3) is 5.91 Å². The van der Waals surface area contributed by atoms with Crippen LogP contribution in [0.3, 0.4) is 0 Å². The number of alkyl halides is 3. The number of hydrogen-bond donors (Lipinski definition) is 1. The van der Waals surface area contributed by atoms with Gasteiger partial charge in [0.2, 0.25) is 0 Å². The number of rotatable bonds is 2. The summed E-state index contributed by atoms with van der Waals surface area (Å²) in [6.45, 7) is -1.05. The highest BCUT2D eigenvalue weighted by molar-refractivity contribution is 7.17. The number of carbonyl (C=O) groups is 2. The van der Waals surface area contributed by atoms with Crippen LogP contribution in [0.1, 0.15) is 10.4 Å². The molecule has 1 aromatic carbocycles. The van der Waals surface area contributed by atoms with Gasteiger partial charge in [-0.3, -0.25) is 9.59 Å². The maximum atomic E-state index is 13.0. The van der Waals surface area contributed by atoms with E-state index in [2.05, 4.69) is 0 Å². The number of aliphatic carboxylic acids is 1. The van der Waals surface area contributed by atoms with Crippen LogP contribution in [0.5, 0.6) is 0 Å². The van der Waals surface area contributed by atoms with E-state index in [1.807, 2.05) is 11.4 Å². The molecule has 2 aromatic rings. The van der Waals surface area contributed by atoms with Crippen molar-refractivity contribution < 1.29 is 27.9 Å². The molecule has 0 unspecified atom stereocenters. The Hall–Kier alpha value is -2.09. The topological polar surface area (TPSA) is 57.6 Å². The largest absolute Gasteiger partial charge is 0.481 e. The fraction of sp³-hybridized carbons (Fsp3) is 0.333. The van der Waals surface area contributed by atoms with E-state index in [9.17, 15) is 22.8 Å². The van der Waals surface area contributed by atoms with Gasteiger partial charge in [-0.25, -0.2) is 0 Å². The molecule has 23 heavy (non-hydrogen) atoms. The van der Waals surface area contributed by atoms with Crippen molar-refractivity contribution in [2.45, 2.75) is 6.18 Å². The van der Waals surface area contributed by atoms with E-state index in [4.69, 9.17) is 5.11 Å². The third-order valence-electron chi connectivity index (χ3n) is 4.04. The highest BCUT2D eigenvalue weighted by Crippen LogP contribution is 2.38. The molecule has 1 aliphatic heterocycles. The minimum atomic E-state index is -4.64. The lowest BCUT2D eigenvalue weighted by Gasteiger charge is -2.18. The first-order valence-electron chi connectivity index (χ1n) is 6.83. The van der Waals surface area contributed by atoms with E-state index in [-0.39, 0.29) is 5.56 Å². The van der Waals surface area contributed by atoms with Crippen LogP contribution in [0, 0.1) is 11.8 Å². The molecule has 0 spiro atoms. The van der Waals surface area contributed by atoms with Crippen LogP contribution in [-0.2, 0) is 4.79 Å². The van der Waals surface area contributed by atoms with Gasteiger partial charge in [-0.05, 0) is 35.0 Å². The Morgan fingerprint density at radius 3 is 2.57 bits per heavy atom. The number of thiophene rings is 1. The predicted molar refractivity (Wildman–Crippen MR) is 78.4 cm³/mol.